The molecule has 1 aliphatic rings. The Morgan fingerprint density at radius 1 is 0.939 bits per heavy atom. The summed E-state index contributed by atoms with van der Waals surface area (Å²) in [4.78, 5) is 51.1. The molecule has 49 heavy (non-hydrogen) atoms. The summed E-state index contributed by atoms with van der Waals surface area (Å²) in [5.41, 5.74) is 5.69. The minimum atomic E-state index is -0.383. The van der Waals surface area contributed by atoms with Gasteiger partial charge in [-0.3, -0.25) is 19.3 Å². The smallest absolute Gasteiger partial charge is 0.293 e. The van der Waals surface area contributed by atoms with Crippen molar-refractivity contribution in [1.29, 1.82) is 0 Å². The Morgan fingerprint density at radius 3 is 2.18 bits per heavy atom. The summed E-state index contributed by atoms with van der Waals surface area (Å²) >= 11 is 0. The summed E-state index contributed by atoms with van der Waals surface area (Å²) in [5.74, 6) is 0.0265. The van der Waals surface area contributed by atoms with E-state index >= 15 is 0 Å². The molecule has 258 valence electrons. The van der Waals surface area contributed by atoms with Gasteiger partial charge in [-0.25, -0.2) is 4.98 Å². The van der Waals surface area contributed by atoms with Gasteiger partial charge in [0, 0.05) is 76.0 Å². The molecule has 2 heterocycles. The van der Waals surface area contributed by atoms with E-state index in [0.29, 0.717) is 22.6 Å². The van der Waals surface area contributed by atoms with Gasteiger partial charge in [-0.15, -0.1) is 0 Å². The highest BCUT2D eigenvalue weighted by molar-refractivity contribution is 6.05. The van der Waals surface area contributed by atoms with Crippen LogP contribution in [0.4, 0.5) is 17.2 Å². The summed E-state index contributed by atoms with van der Waals surface area (Å²) in [6.07, 6.45) is 1.74. The van der Waals surface area contributed by atoms with Crippen LogP contribution in [0.25, 0.3) is 11.3 Å². The SMILES string of the molecule is CCN1CCN(C(C(=O)N(C)C)c2ccc(Nc3nc(-c4c(C(C)(C)C)ccc(NC(=O)c5ccccc5)c4C)cn(C)c3=O)cc2)CC1. The van der Waals surface area contributed by atoms with Crippen LogP contribution in [0.5, 0.6) is 0 Å². The van der Waals surface area contributed by atoms with Crippen molar-refractivity contribution >= 4 is 29.0 Å². The van der Waals surface area contributed by atoms with Crippen molar-refractivity contribution < 1.29 is 9.59 Å². The monoisotopic (exact) mass is 663 g/mol. The van der Waals surface area contributed by atoms with Crippen LogP contribution in [0.3, 0.4) is 0 Å². The third-order valence-corrected chi connectivity index (χ3v) is 9.27. The molecule has 1 aromatic heterocycles. The largest absolute Gasteiger partial charge is 0.347 e. The Kier molecular flexibility index (Phi) is 10.7. The van der Waals surface area contributed by atoms with Gasteiger partial charge in [0.1, 0.15) is 6.04 Å². The number of carbonyl (C=O) groups excluding carboxylic acids is 2. The number of anilines is 3. The highest BCUT2D eigenvalue weighted by Crippen LogP contribution is 2.38. The molecule has 2 amide bonds. The maximum Gasteiger partial charge on any atom is 0.293 e. The molecule has 1 saturated heterocycles. The fourth-order valence-corrected chi connectivity index (χ4v) is 6.37. The van der Waals surface area contributed by atoms with Crippen LogP contribution in [0.1, 0.15) is 60.8 Å². The number of aryl methyl sites for hydroxylation is 1. The van der Waals surface area contributed by atoms with Gasteiger partial charge in [0.2, 0.25) is 5.91 Å². The standard InChI is InChI=1S/C39H49N7O3/c1-9-45-21-23-46(24-22-45)34(37(48)43(6)7)27-15-17-29(18-16-27)40-35-38(49)44(8)25-32(41-35)33-26(2)31(20-19-30(33)39(3,4)5)42-36(47)28-13-11-10-12-14-28/h10-20,25,34H,9,21-24H2,1-8H3,(H,40,41)(H,42,47). The van der Waals surface area contributed by atoms with E-state index in [-0.39, 0.29) is 34.6 Å². The molecule has 0 radical (unpaired) electrons. The van der Waals surface area contributed by atoms with Gasteiger partial charge in [-0.1, -0.05) is 64.1 Å². The number of piperazine rings is 1. The van der Waals surface area contributed by atoms with E-state index < -0.39 is 0 Å². The summed E-state index contributed by atoms with van der Waals surface area (Å²) in [6.45, 7) is 15.0. The molecule has 5 rings (SSSR count). The maximum atomic E-state index is 13.4. The lowest BCUT2D eigenvalue weighted by Gasteiger charge is -2.39. The fraction of sp³-hybridized carbons (Fsp3) is 0.385. The lowest BCUT2D eigenvalue weighted by molar-refractivity contribution is -0.135. The van der Waals surface area contributed by atoms with Gasteiger partial charge in [-0.2, -0.15) is 0 Å². The van der Waals surface area contributed by atoms with E-state index in [1.165, 1.54) is 4.57 Å². The lowest BCUT2D eigenvalue weighted by atomic mass is 9.81. The summed E-state index contributed by atoms with van der Waals surface area (Å²) in [7, 11) is 5.30. The molecular weight excluding hydrogens is 614 g/mol. The number of aromatic nitrogens is 2. The number of nitrogens with one attached hydrogen (secondary N) is 2. The number of carbonyl (C=O) groups is 2. The second-order valence-corrected chi connectivity index (χ2v) is 14.0. The first-order chi connectivity index (χ1) is 23.3. The molecule has 0 bridgehead atoms. The predicted molar refractivity (Wildman–Crippen MR) is 198 cm³/mol. The average molecular weight is 664 g/mol. The first kappa shape index (κ1) is 35.5. The number of amides is 2. The number of rotatable bonds is 9. The molecule has 0 saturated carbocycles. The van der Waals surface area contributed by atoms with Crippen LogP contribution < -0.4 is 16.2 Å². The normalized spacial score (nSPS) is 14.7. The van der Waals surface area contributed by atoms with Crippen molar-refractivity contribution in [3.8, 4) is 11.3 Å². The number of nitrogens with zero attached hydrogens (tertiary/aromatic N) is 5. The third-order valence-electron chi connectivity index (χ3n) is 9.27. The second-order valence-electron chi connectivity index (χ2n) is 14.0. The van der Waals surface area contributed by atoms with Gasteiger partial charge in [0.25, 0.3) is 11.5 Å². The highest BCUT2D eigenvalue weighted by Gasteiger charge is 2.31. The Bertz CT molecular complexity index is 1850. The maximum absolute atomic E-state index is 13.4. The minimum absolute atomic E-state index is 0.0427. The van der Waals surface area contributed by atoms with E-state index in [1.54, 1.807) is 44.4 Å². The van der Waals surface area contributed by atoms with Gasteiger partial charge < -0.3 is 25.0 Å². The van der Waals surface area contributed by atoms with E-state index in [4.69, 9.17) is 4.98 Å². The molecule has 1 aliphatic heterocycles. The van der Waals surface area contributed by atoms with Crippen molar-refractivity contribution in [2.24, 2.45) is 7.05 Å². The van der Waals surface area contributed by atoms with Crippen LogP contribution in [-0.4, -0.2) is 82.9 Å². The number of hydrogen-bond donors (Lipinski definition) is 2. The summed E-state index contributed by atoms with van der Waals surface area (Å²) in [5, 5.41) is 6.32. The second kappa shape index (κ2) is 14.8. The fourth-order valence-electron chi connectivity index (χ4n) is 6.37. The molecule has 0 aliphatic carbocycles. The van der Waals surface area contributed by atoms with Crippen LogP contribution in [-0.2, 0) is 17.3 Å². The molecule has 1 unspecified atom stereocenters. The zero-order valence-corrected chi connectivity index (χ0v) is 30.0. The molecule has 10 heteroatoms. The van der Waals surface area contributed by atoms with Crippen LogP contribution in [0, 0.1) is 6.92 Å². The molecular formula is C39H49N7O3. The lowest BCUT2D eigenvalue weighted by Crippen LogP contribution is -2.50. The number of benzene rings is 3. The van der Waals surface area contributed by atoms with Gasteiger partial charge in [-0.05, 0) is 65.9 Å². The zero-order valence-electron chi connectivity index (χ0n) is 30.0. The highest BCUT2D eigenvalue weighted by atomic mass is 16.2. The van der Waals surface area contributed by atoms with Crippen molar-refractivity contribution in [2.45, 2.75) is 46.1 Å². The topological polar surface area (TPSA) is 103 Å². The third kappa shape index (κ3) is 7.92. The number of hydrogen-bond acceptors (Lipinski definition) is 7. The molecule has 1 atom stereocenters. The van der Waals surface area contributed by atoms with Crippen molar-refractivity contribution in [3.63, 3.8) is 0 Å². The molecule has 0 spiro atoms. The minimum Gasteiger partial charge on any atom is -0.347 e. The van der Waals surface area contributed by atoms with Crippen molar-refractivity contribution in [1.82, 2.24) is 24.3 Å². The van der Waals surface area contributed by atoms with Gasteiger partial charge in [0.05, 0.1) is 5.69 Å². The number of likely N-dealkylation sites (N-methyl/N-ethyl adjacent to an activating group) is 2. The van der Waals surface area contributed by atoms with Crippen molar-refractivity contribution in [2.75, 3.05) is 57.5 Å². The Balaban J connectivity index is 1.48. The Hall–Kier alpha value is -4.80. The zero-order chi connectivity index (χ0) is 35.5. The first-order valence-electron chi connectivity index (χ1n) is 16.9. The predicted octanol–water partition coefficient (Wildman–Crippen LogP) is 5.82. The summed E-state index contributed by atoms with van der Waals surface area (Å²) < 4.78 is 1.53. The van der Waals surface area contributed by atoms with E-state index in [2.05, 4.69) is 48.1 Å². The van der Waals surface area contributed by atoms with Crippen molar-refractivity contribution in [3.05, 3.63) is 106 Å². The molecule has 10 nitrogen and oxygen atoms in total. The van der Waals surface area contributed by atoms with E-state index in [1.807, 2.05) is 61.5 Å². The van der Waals surface area contributed by atoms with Gasteiger partial charge >= 0.3 is 0 Å². The van der Waals surface area contributed by atoms with Gasteiger partial charge in [0.15, 0.2) is 5.82 Å². The molecule has 3 aromatic carbocycles. The average Bonchev–Trinajstić information content (AvgIpc) is 3.08. The Morgan fingerprint density at radius 2 is 1.59 bits per heavy atom. The van der Waals surface area contributed by atoms with E-state index in [0.717, 1.165) is 55.0 Å². The first-order valence-corrected chi connectivity index (χ1v) is 16.9. The quantitative estimate of drug-likeness (QED) is 0.233. The molecule has 1 fully saturated rings. The van der Waals surface area contributed by atoms with Crippen LogP contribution in [0.15, 0.2) is 77.7 Å². The Labute approximate surface area is 289 Å². The molecule has 4 aromatic rings. The van der Waals surface area contributed by atoms with Crippen LogP contribution in [0.2, 0.25) is 0 Å². The molecule has 2 N–H and O–H groups in total. The van der Waals surface area contributed by atoms with Crippen LogP contribution >= 0.6 is 0 Å². The van der Waals surface area contributed by atoms with E-state index in [9.17, 15) is 14.4 Å². The summed E-state index contributed by atoms with van der Waals surface area (Å²) in [6, 6.07) is 20.4.